The van der Waals surface area contributed by atoms with Crippen molar-refractivity contribution in [1.29, 1.82) is 0 Å². The third kappa shape index (κ3) is 3.39. The van der Waals surface area contributed by atoms with Gasteiger partial charge in [-0.25, -0.2) is 4.98 Å². The number of carbonyl (C=O) groups is 1. The first-order valence-corrected chi connectivity index (χ1v) is 8.66. The Hall–Kier alpha value is -1.88. The van der Waals surface area contributed by atoms with E-state index in [-0.39, 0.29) is 5.91 Å². The van der Waals surface area contributed by atoms with Crippen molar-refractivity contribution in [3.63, 3.8) is 0 Å². The molecule has 0 unspecified atom stereocenters. The van der Waals surface area contributed by atoms with Gasteiger partial charge in [0.25, 0.3) is 5.91 Å². The number of imidazole rings is 1. The highest BCUT2D eigenvalue weighted by molar-refractivity contribution is 5.97. The topological polar surface area (TPSA) is 50.2 Å². The first kappa shape index (κ1) is 16.0. The van der Waals surface area contributed by atoms with Crippen molar-refractivity contribution >= 4 is 16.9 Å². The quantitative estimate of drug-likeness (QED) is 0.944. The molecule has 1 amide bonds. The van der Waals surface area contributed by atoms with Gasteiger partial charge in [-0.15, -0.1) is 0 Å². The van der Waals surface area contributed by atoms with E-state index in [1.807, 2.05) is 30.1 Å². The SMILES string of the molecule is CCNCc1nc2cc(C(=O)N3CCCCCC3)ccc2n1C. The Kier molecular flexibility index (Phi) is 4.96. The number of hydrogen-bond donors (Lipinski definition) is 1. The number of likely N-dealkylation sites (tertiary alicyclic amines) is 1. The number of hydrogen-bond acceptors (Lipinski definition) is 3. The van der Waals surface area contributed by atoms with E-state index in [2.05, 4.69) is 21.8 Å². The molecule has 23 heavy (non-hydrogen) atoms. The lowest BCUT2D eigenvalue weighted by Crippen LogP contribution is -2.31. The van der Waals surface area contributed by atoms with Gasteiger partial charge in [0.2, 0.25) is 0 Å². The van der Waals surface area contributed by atoms with E-state index in [1.165, 1.54) is 12.8 Å². The summed E-state index contributed by atoms with van der Waals surface area (Å²) in [6.45, 7) is 5.51. The van der Waals surface area contributed by atoms with Crippen LogP contribution in [0.15, 0.2) is 18.2 Å². The lowest BCUT2D eigenvalue weighted by atomic mass is 10.1. The summed E-state index contributed by atoms with van der Waals surface area (Å²) in [5, 5.41) is 3.30. The van der Waals surface area contributed by atoms with Crippen molar-refractivity contribution in [2.75, 3.05) is 19.6 Å². The van der Waals surface area contributed by atoms with Crippen LogP contribution in [0, 0.1) is 0 Å². The second-order valence-corrected chi connectivity index (χ2v) is 6.28. The summed E-state index contributed by atoms with van der Waals surface area (Å²) in [6.07, 6.45) is 4.70. The molecule has 0 spiro atoms. The van der Waals surface area contributed by atoms with Crippen molar-refractivity contribution < 1.29 is 4.79 Å². The van der Waals surface area contributed by atoms with Crippen LogP contribution in [0.1, 0.15) is 48.8 Å². The smallest absolute Gasteiger partial charge is 0.253 e. The fraction of sp³-hybridized carbons (Fsp3) is 0.556. The Labute approximate surface area is 137 Å². The highest BCUT2D eigenvalue weighted by Crippen LogP contribution is 2.19. The zero-order valence-corrected chi connectivity index (χ0v) is 14.1. The van der Waals surface area contributed by atoms with Gasteiger partial charge in [0.05, 0.1) is 17.6 Å². The van der Waals surface area contributed by atoms with E-state index in [0.717, 1.165) is 61.4 Å². The summed E-state index contributed by atoms with van der Waals surface area (Å²) in [5.41, 5.74) is 2.74. The average Bonchev–Trinajstić information content (AvgIpc) is 2.75. The van der Waals surface area contributed by atoms with Crippen molar-refractivity contribution in [3.8, 4) is 0 Å². The standard InChI is InChI=1S/C18H26N4O/c1-3-19-13-17-20-15-12-14(8-9-16(15)21(17)2)18(23)22-10-6-4-5-7-11-22/h8-9,12,19H,3-7,10-11,13H2,1-2H3. The predicted octanol–water partition coefficient (Wildman–Crippen LogP) is 2.70. The van der Waals surface area contributed by atoms with Gasteiger partial charge in [-0.2, -0.15) is 0 Å². The second kappa shape index (κ2) is 7.13. The van der Waals surface area contributed by atoms with Crippen LogP contribution < -0.4 is 5.32 Å². The Morgan fingerprint density at radius 3 is 2.65 bits per heavy atom. The van der Waals surface area contributed by atoms with Crippen LogP contribution in [-0.4, -0.2) is 40.0 Å². The molecule has 1 aliphatic rings. The molecule has 3 rings (SSSR count). The van der Waals surface area contributed by atoms with Crippen LogP contribution in [-0.2, 0) is 13.6 Å². The highest BCUT2D eigenvalue weighted by Gasteiger charge is 2.18. The number of amides is 1. The minimum atomic E-state index is 0.146. The third-order valence-corrected chi connectivity index (χ3v) is 4.65. The second-order valence-electron chi connectivity index (χ2n) is 6.28. The zero-order chi connectivity index (χ0) is 16.2. The number of aromatic nitrogens is 2. The third-order valence-electron chi connectivity index (χ3n) is 4.65. The molecular weight excluding hydrogens is 288 g/mol. The fourth-order valence-electron chi connectivity index (χ4n) is 3.23. The molecule has 0 bridgehead atoms. The first-order chi connectivity index (χ1) is 11.2. The summed E-state index contributed by atoms with van der Waals surface area (Å²) in [5.74, 6) is 1.15. The molecule has 1 aromatic carbocycles. The molecule has 2 heterocycles. The maximum atomic E-state index is 12.7. The van der Waals surface area contributed by atoms with Gasteiger partial charge in [-0.3, -0.25) is 4.79 Å². The Balaban J connectivity index is 1.85. The van der Waals surface area contributed by atoms with Gasteiger partial charge in [-0.1, -0.05) is 19.8 Å². The van der Waals surface area contributed by atoms with Crippen LogP contribution in [0.4, 0.5) is 0 Å². The van der Waals surface area contributed by atoms with Gasteiger partial charge >= 0.3 is 0 Å². The zero-order valence-electron chi connectivity index (χ0n) is 14.1. The molecule has 2 aromatic rings. The molecule has 1 saturated heterocycles. The van der Waals surface area contributed by atoms with Gasteiger partial charge < -0.3 is 14.8 Å². The molecule has 5 nitrogen and oxygen atoms in total. The number of benzene rings is 1. The molecule has 0 saturated carbocycles. The Morgan fingerprint density at radius 2 is 1.96 bits per heavy atom. The predicted molar refractivity (Wildman–Crippen MR) is 92.5 cm³/mol. The molecule has 1 aromatic heterocycles. The van der Waals surface area contributed by atoms with Gasteiger partial charge in [0.15, 0.2) is 0 Å². The fourth-order valence-corrected chi connectivity index (χ4v) is 3.23. The van der Waals surface area contributed by atoms with Crippen LogP contribution in [0.3, 0.4) is 0 Å². The molecule has 1 fully saturated rings. The van der Waals surface area contributed by atoms with Crippen LogP contribution in [0.25, 0.3) is 11.0 Å². The molecule has 124 valence electrons. The maximum Gasteiger partial charge on any atom is 0.253 e. The molecule has 0 radical (unpaired) electrons. The van der Waals surface area contributed by atoms with E-state index >= 15 is 0 Å². The summed E-state index contributed by atoms with van der Waals surface area (Å²) in [6, 6.07) is 5.90. The number of nitrogens with one attached hydrogen (secondary N) is 1. The van der Waals surface area contributed by atoms with Gasteiger partial charge in [0, 0.05) is 25.7 Å². The van der Waals surface area contributed by atoms with E-state index in [0.29, 0.717) is 0 Å². The summed E-state index contributed by atoms with van der Waals surface area (Å²) in [4.78, 5) is 19.4. The minimum absolute atomic E-state index is 0.146. The number of aryl methyl sites for hydroxylation is 1. The average molecular weight is 314 g/mol. The normalized spacial score (nSPS) is 15.8. The Morgan fingerprint density at radius 1 is 1.22 bits per heavy atom. The van der Waals surface area contributed by atoms with Gasteiger partial charge in [-0.05, 0) is 37.6 Å². The van der Waals surface area contributed by atoms with Crippen molar-refractivity contribution in [2.45, 2.75) is 39.2 Å². The molecule has 1 N–H and O–H groups in total. The molecular formula is C18H26N4O. The minimum Gasteiger partial charge on any atom is -0.339 e. The number of carbonyl (C=O) groups excluding carboxylic acids is 1. The van der Waals surface area contributed by atoms with Crippen molar-refractivity contribution in [1.82, 2.24) is 19.8 Å². The largest absolute Gasteiger partial charge is 0.339 e. The van der Waals surface area contributed by atoms with Crippen LogP contribution >= 0.6 is 0 Å². The highest BCUT2D eigenvalue weighted by atomic mass is 16.2. The Bertz CT molecular complexity index is 684. The maximum absolute atomic E-state index is 12.7. The lowest BCUT2D eigenvalue weighted by molar-refractivity contribution is 0.0762. The van der Waals surface area contributed by atoms with E-state index in [4.69, 9.17) is 0 Å². The summed E-state index contributed by atoms with van der Waals surface area (Å²) < 4.78 is 2.10. The summed E-state index contributed by atoms with van der Waals surface area (Å²) in [7, 11) is 2.03. The van der Waals surface area contributed by atoms with Crippen molar-refractivity contribution in [3.05, 3.63) is 29.6 Å². The van der Waals surface area contributed by atoms with Crippen LogP contribution in [0.5, 0.6) is 0 Å². The lowest BCUT2D eigenvalue weighted by Gasteiger charge is -2.20. The molecule has 1 aliphatic heterocycles. The first-order valence-electron chi connectivity index (χ1n) is 8.66. The van der Waals surface area contributed by atoms with E-state index in [1.54, 1.807) is 0 Å². The van der Waals surface area contributed by atoms with Crippen LogP contribution in [0.2, 0.25) is 0 Å². The van der Waals surface area contributed by atoms with Gasteiger partial charge in [0.1, 0.15) is 5.82 Å². The number of rotatable bonds is 4. The molecule has 5 heteroatoms. The molecule has 0 aliphatic carbocycles. The summed E-state index contributed by atoms with van der Waals surface area (Å²) >= 11 is 0. The van der Waals surface area contributed by atoms with E-state index < -0.39 is 0 Å². The number of nitrogens with zero attached hydrogens (tertiary/aromatic N) is 3. The molecule has 0 atom stereocenters. The van der Waals surface area contributed by atoms with Crippen molar-refractivity contribution in [2.24, 2.45) is 7.05 Å². The monoisotopic (exact) mass is 314 g/mol. The number of fused-ring (bicyclic) bond motifs is 1. The van der Waals surface area contributed by atoms with E-state index in [9.17, 15) is 4.79 Å².